The molecule has 0 radical (unpaired) electrons. The lowest BCUT2D eigenvalue weighted by Crippen LogP contribution is -2.39. The number of aromatic amines is 1. The number of hydrogen-bond acceptors (Lipinski definition) is 5. The third-order valence-corrected chi connectivity index (χ3v) is 3.99. The molecule has 124 valence electrons. The summed E-state index contributed by atoms with van der Waals surface area (Å²) >= 11 is 0. The van der Waals surface area contributed by atoms with E-state index < -0.39 is 0 Å². The van der Waals surface area contributed by atoms with Gasteiger partial charge in [0.05, 0.1) is 18.8 Å². The molecular weight excluding hydrogens is 294 g/mol. The predicted octanol–water partition coefficient (Wildman–Crippen LogP) is 1.26. The Bertz CT molecular complexity index is 708. The first-order chi connectivity index (χ1) is 11.2. The van der Waals surface area contributed by atoms with Gasteiger partial charge in [0.1, 0.15) is 17.8 Å². The van der Waals surface area contributed by atoms with E-state index in [9.17, 15) is 4.79 Å². The van der Waals surface area contributed by atoms with Crippen LogP contribution in [0.15, 0.2) is 23.3 Å². The highest BCUT2D eigenvalue weighted by Gasteiger charge is 2.24. The van der Waals surface area contributed by atoms with E-state index in [4.69, 9.17) is 4.74 Å². The van der Waals surface area contributed by atoms with E-state index in [1.165, 1.54) is 6.07 Å². The van der Waals surface area contributed by atoms with Gasteiger partial charge in [0, 0.05) is 38.1 Å². The summed E-state index contributed by atoms with van der Waals surface area (Å²) in [6, 6.07) is 1.53. The van der Waals surface area contributed by atoms with Crippen LogP contribution in [-0.4, -0.2) is 44.1 Å². The summed E-state index contributed by atoms with van der Waals surface area (Å²) in [5.74, 6) is 1.69. The molecule has 0 aromatic carbocycles. The second-order valence-electron chi connectivity index (χ2n) is 5.89. The molecule has 1 saturated heterocycles. The van der Waals surface area contributed by atoms with Crippen molar-refractivity contribution in [2.24, 2.45) is 0 Å². The summed E-state index contributed by atoms with van der Waals surface area (Å²) < 4.78 is 8.01. The largest absolute Gasteiger partial charge is 0.369 e. The van der Waals surface area contributed by atoms with E-state index in [-0.39, 0.29) is 11.7 Å². The fraction of sp³-hybridized carbons (Fsp3) is 0.562. The summed E-state index contributed by atoms with van der Waals surface area (Å²) in [7, 11) is 0. The van der Waals surface area contributed by atoms with Crippen LogP contribution in [-0.2, 0) is 17.8 Å². The maximum absolute atomic E-state index is 11.6. The van der Waals surface area contributed by atoms with Crippen LogP contribution in [0.4, 0.5) is 0 Å². The van der Waals surface area contributed by atoms with Crippen molar-refractivity contribution < 1.29 is 4.74 Å². The number of nitrogens with one attached hydrogen (secondary N) is 1. The summed E-state index contributed by atoms with van der Waals surface area (Å²) in [6.45, 7) is 7.93. The van der Waals surface area contributed by atoms with Crippen LogP contribution in [0.3, 0.4) is 0 Å². The van der Waals surface area contributed by atoms with Gasteiger partial charge in [-0.1, -0.05) is 6.92 Å². The van der Waals surface area contributed by atoms with Gasteiger partial charge in [0.25, 0.3) is 5.56 Å². The molecule has 0 amide bonds. The zero-order valence-electron chi connectivity index (χ0n) is 13.7. The SMILES string of the molecule is CCCn1ccnc1CN1CCOC(c2cc(=O)[nH]c(C)n2)C1. The number of aromatic nitrogens is 4. The highest BCUT2D eigenvalue weighted by Crippen LogP contribution is 2.20. The van der Waals surface area contributed by atoms with Crippen LogP contribution in [0.5, 0.6) is 0 Å². The Labute approximate surface area is 135 Å². The Balaban J connectivity index is 1.70. The van der Waals surface area contributed by atoms with E-state index >= 15 is 0 Å². The molecule has 2 aromatic heterocycles. The highest BCUT2D eigenvalue weighted by molar-refractivity contribution is 5.07. The predicted molar refractivity (Wildman–Crippen MR) is 86.1 cm³/mol. The Kier molecular flexibility index (Phi) is 4.88. The average molecular weight is 317 g/mol. The fourth-order valence-corrected chi connectivity index (χ4v) is 2.93. The Morgan fingerprint density at radius 3 is 3.13 bits per heavy atom. The molecule has 7 heteroatoms. The maximum Gasteiger partial charge on any atom is 0.251 e. The molecule has 1 fully saturated rings. The van der Waals surface area contributed by atoms with Gasteiger partial charge in [-0.25, -0.2) is 9.97 Å². The molecule has 0 bridgehead atoms. The second kappa shape index (κ2) is 7.06. The number of nitrogens with zero attached hydrogens (tertiary/aromatic N) is 4. The minimum atomic E-state index is -0.167. The van der Waals surface area contributed by atoms with Crippen molar-refractivity contribution in [3.05, 3.63) is 46.2 Å². The quantitative estimate of drug-likeness (QED) is 0.898. The molecule has 3 rings (SSSR count). The Morgan fingerprint density at radius 2 is 2.35 bits per heavy atom. The molecule has 1 aliphatic rings. The maximum atomic E-state index is 11.6. The van der Waals surface area contributed by atoms with Gasteiger partial charge in [0.15, 0.2) is 0 Å². The van der Waals surface area contributed by atoms with Crippen molar-refractivity contribution in [2.45, 2.75) is 39.5 Å². The van der Waals surface area contributed by atoms with E-state index in [0.29, 0.717) is 18.1 Å². The number of imidazole rings is 1. The topological polar surface area (TPSA) is 76.0 Å². The van der Waals surface area contributed by atoms with Crippen molar-refractivity contribution in [3.8, 4) is 0 Å². The van der Waals surface area contributed by atoms with Gasteiger partial charge >= 0.3 is 0 Å². The molecule has 23 heavy (non-hydrogen) atoms. The molecule has 1 N–H and O–H groups in total. The summed E-state index contributed by atoms with van der Waals surface area (Å²) in [4.78, 5) is 25.5. The summed E-state index contributed by atoms with van der Waals surface area (Å²) in [5.41, 5.74) is 0.569. The van der Waals surface area contributed by atoms with Gasteiger partial charge in [-0.2, -0.15) is 0 Å². The molecule has 0 spiro atoms. The lowest BCUT2D eigenvalue weighted by atomic mass is 10.2. The zero-order chi connectivity index (χ0) is 16.2. The van der Waals surface area contributed by atoms with Crippen LogP contribution < -0.4 is 5.56 Å². The molecular formula is C16H23N5O2. The smallest absolute Gasteiger partial charge is 0.251 e. The second-order valence-corrected chi connectivity index (χ2v) is 5.89. The molecule has 0 aliphatic carbocycles. The highest BCUT2D eigenvalue weighted by atomic mass is 16.5. The van der Waals surface area contributed by atoms with Crippen molar-refractivity contribution in [3.63, 3.8) is 0 Å². The Hall–Kier alpha value is -1.99. The minimum absolute atomic E-state index is 0.133. The molecule has 0 saturated carbocycles. The third-order valence-electron chi connectivity index (χ3n) is 3.99. The lowest BCUT2D eigenvalue weighted by Gasteiger charge is -2.32. The molecule has 2 aromatic rings. The van der Waals surface area contributed by atoms with Gasteiger partial charge in [-0.05, 0) is 13.3 Å². The fourth-order valence-electron chi connectivity index (χ4n) is 2.93. The summed E-state index contributed by atoms with van der Waals surface area (Å²) in [5, 5.41) is 0. The molecule has 1 aliphatic heterocycles. The first kappa shape index (κ1) is 15.9. The van der Waals surface area contributed by atoms with Gasteiger partial charge in [-0.15, -0.1) is 0 Å². The van der Waals surface area contributed by atoms with Gasteiger partial charge in [0.2, 0.25) is 0 Å². The van der Waals surface area contributed by atoms with E-state index in [0.717, 1.165) is 38.4 Å². The Morgan fingerprint density at radius 1 is 1.48 bits per heavy atom. The number of aryl methyl sites for hydroxylation is 2. The number of H-pyrrole nitrogens is 1. The molecule has 7 nitrogen and oxygen atoms in total. The van der Waals surface area contributed by atoms with Crippen LogP contribution in [0.2, 0.25) is 0 Å². The number of ether oxygens (including phenoxy) is 1. The van der Waals surface area contributed by atoms with Crippen molar-refractivity contribution >= 4 is 0 Å². The van der Waals surface area contributed by atoms with Gasteiger partial charge < -0.3 is 14.3 Å². The molecule has 1 atom stereocenters. The van der Waals surface area contributed by atoms with Crippen LogP contribution in [0, 0.1) is 6.92 Å². The average Bonchev–Trinajstić information content (AvgIpc) is 2.94. The molecule has 1 unspecified atom stereocenters. The number of morpholine rings is 1. The van der Waals surface area contributed by atoms with E-state index in [1.54, 1.807) is 6.92 Å². The van der Waals surface area contributed by atoms with Crippen LogP contribution >= 0.6 is 0 Å². The lowest BCUT2D eigenvalue weighted by molar-refractivity contribution is -0.0361. The normalized spacial score (nSPS) is 19.1. The van der Waals surface area contributed by atoms with Crippen molar-refractivity contribution in [1.82, 2.24) is 24.4 Å². The van der Waals surface area contributed by atoms with Gasteiger partial charge in [-0.3, -0.25) is 9.69 Å². The molecule has 3 heterocycles. The van der Waals surface area contributed by atoms with Crippen LogP contribution in [0.1, 0.15) is 36.8 Å². The van der Waals surface area contributed by atoms with Crippen LogP contribution in [0.25, 0.3) is 0 Å². The van der Waals surface area contributed by atoms with E-state index in [2.05, 4.69) is 31.3 Å². The first-order valence-electron chi connectivity index (χ1n) is 8.07. The first-order valence-corrected chi connectivity index (χ1v) is 8.07. The number of hydrogen-bond donors (Lipinski definition) is 1. The third kappa shape index (κ3) is 3.86. The van der Waals surface area contributed by atoms with E-state index in [1.807, 2.05) is 12.4 Å². The number of rotatable bonds is 5. The van der Waals surface area contributed by atoms with Crippen molar-refractivity contribution in [2.75, 3.05) is 19.7 Å². The summed E-state index contributed by atoms with van der Waals surface area (Å²) in [6.07, 6.45) is 4.80. The standard InChI is InChI=1S/C16H23N5O2/c1-3-5-21-6-4-17-15(21)11-20-7-8-23-14(10-20)13-9-16(22)19-12(2)18-13/h4,6,9,14H,3,5,7-8,10-11H2,1-2H3,(H,18,19,22). The van der Waals surface area contributed by atoms with Crippen molar-refractivity contribution in [1.29, 1.82) is 0 Å². The zero-order valence-corrected chi connectivity index (χ0v) is 13.7. The minimum Gasteiger partial charge on any atom is -0.369 e. The monoisotopic (exact) mass is 317 g/mol.